The number of alkyl halides is 1. The van der Waals surface area contributed by atoms with E-state index in [9.17, 15) is 4.39 Å². The Kier molecular flexibility index (Phi) is 4.99. The second kappa shape index (κ2) is 6.53. The van der Waals surface area contributed by atoms with Crippen LogP contribution in [0.15, 0.2) is 12.3 Å². The minimum Gasteiger partial charge on any atom is -0.352 e. The number of rotatable bonds is 3. The first kappa shape index (κ1) is 14.5. The number of likely N-dealkylation sites (N-methyl/N-ethyl adjacent to an activating group) is 1. The monoisotopic (exact) mass is 285 g/mol. The van der Waals surface area contributed by atoms with Crippen molar-refractivity contribution in [2.24, 2.45) is 0 Å². The molecule has 2 heterocycles. The molecular formula is C14H21ClFN3. The molecule has 0 aliphatic carbocycles. The van der Waals surface area contributed by atoms with E-state index in [1.54, 1.807) is 0 Å². The zero-order valence-corrected chi connectivity index (χ0v) is 12.3. The third-order valence-electron chi connectivity index (χ3n) is 3.70. The molecule has 1 saturated heterocycles. The third kappa shape index (κ3) is 3.37. The van der Waals surface area contributed by atoms with Crippen molar-refractivity contribution >= 4 is 17.4 Å². The predicted octanol–water partition coefficient (Wildman–Crippen LogP) is 2.88. The van der Waals surface area contributed by atoms with Gasteiger partial charge in [-0.25, -0.2) is 9.37 Å². The van der Waals surface area contributed by atoms with Gasteiger partial charge in [0.15, 0.2) is 0 Å². The topological polar surface area (TPSA) is 19.4 Å². The number of hydrogen-bond donors (Lipinski definition) is 0. The van der Waals surface area contributed by atoms with E-state index in [0.717, 1.165) is 43.9 Å². The minimum absolute atomic E-state index is 0.295. The summed E-state index contributed by atoms with van der Waals surface area (Å²) in [7, 11) is 2.15. The van der Waals surface area contributed by atoms with Crippen LogP contribution in [-0.2, 0) is 5.88 Å². The van der Waals surface area contributed by atoms with Gasteiger partial charge in [-0.3, -0.25) is 0 Å². The van der Waals surface area contributed by atoms with E-state index in [-0.39, 0.29) is 5.82 Å². The van der Waals surface area contributed by atoms with Crippen LogP contribution in [-0.4, -0.2) is 42.6 Å². The summed E-state index contributed by atoms with van der Waals surface area (Å²) in [5, 5.41) is 0. The standard InChI is InChI=1S/C14H21ClFN3/c1-3-13-10-18(2)5-4-6-19(13)14-11(8-15)7-12(16)9-17-14/h7,9,13H,3-6,8,10H2,1-2H3. The fourth-order valence-corrected chi connectivity index (χ4v) is 2.90. The number of aromatic nitrogens is 1. The second-order valence-corrected chi connectivity index (χ2v) is 5.41. The minimum atomic E-state index is -0.320. The quantitative estimate of drug-likeness (QED) is 0.796. The van der Waals surface area contributed by atoms with Crippen LogP contribution in [0.25, 0.3) is 0 Å². The van der Waals surface area contributed by atoms with Gasteiger partial charge < -0.3 is 9.80 Å². The lowest BCUT2D eigenvalue weighted by atomic mass is 10.1. The average molecular weight is 286 g/mol. The molecule has 5 heteroatoms. The molecule has 1 aliphatic rings. The van der Waals surface area contributed by atoms with Crippen LogP contribution in [0.4, 0.5) is 10.2 Å². The summed E-state index contributed by atoms with van der Waals surface area (Å²) in [5.41, 5.74) is 0.782. The average Bonchev–Trinajstić information content (AvgIpc) is 2.60. The molecule has 3 nitrogen and oxygen atoms in total. The van der Waals surface area contributed by atoms with E-state index in [1.807, 2.05) is 0 Å². The van der Waals surface area contributed by atoms with Crippen molar-refractivity contribution in [1.82, 2.24) is 9.88 Å². The van der Waals surface area contributed by atoms with Gasteiger partial charge >= 0.3 is 0 Å². The number of anilines is 1. The van der Waals surface area contributed by atoms with Crippen LogP contribution in [0.3, 0.4) is 0 Å². The molecule has 0 amide bonds. The first-order chi connectivity index (χ1) is 9.15. The Bertz CT molecular complexity index is 427. The molecule has 2 rings (SSSR count). The van der Waals surface area contributed by atoms with Crippen LogP contribution in [0, 0.1) is 5.82 Å². The normalized spacial score (nSPS) is 21.5. The maximum atomic E-state index is 13.3. The molecule has 106 valence electrons. The highest BCUT2D eigenvalue weighted by Crippen LogP contribution is 2.25. The third-order valence-corrected chi connectivity index (χ3v) is 3.99. The number of nitrogens with zero attached hydrogens (tertiary/aromatic N) is 3. The van der Waals surface area contributed by atoms with Gasteiger partial charge in [0.2, 0.25) is 0 Å². The van der Waals surface area contributed by atoms with Gasteiger partial charge in [-0.15, -0.1) is 11.6 Å². The Morgan fingerprint density at radius 1 is 1.47 bits per heavy atom. The molecule has 1 fully saturated rings. The SMILES string of the molecule is CCC1CN(C)CCCN1c1ncc(F)cc1CCl. The highest BCUT2D eigenvalue weighted by atomic mass is 35.5. The van der Waals surface area contributed by atoms with E-state index in [2.05, 4.69) is 28.8 Å². The van der Waals surface area contributed by atoms with Crippen molar-refractivity contribution in [3.05, 3.63) is 23.6 Å². The zero-order chi connectivity index (χ0) is 13.8. The van der Waals surface area contributed by atoms with Crippen molar-refractivity contribution in [3.8, 4) is 0 Å². The van der Waals surface area contributed by atoms with E-state index in [0.29, 0.717) is 11.9 Å². The van der Waals surface area contributed by atoms with Crippen LogP contribution in [0.1, 0.15) is 25.3 Å². The van der Waals surface area contributed by atoms with Gasteiger partial charge in [-0.1, -0.05) is 6.92 Å². The maximum absolute atomic E-state index is 13.3. The summed E-state index contributed by atoms with van der Waals surface area (Å²) in [6.07, 6.45) is 3.42. The summed E-state index contributed by atoms with van der Waals surface area (Å²) in [6.45, 7) is 5.23. The summed E-state index contributed by atoms with van der Waals surface area (Å²) < 4.78 is 13.3. The molecule has 1 atom stereocenters. The second-order valence-electron chi connectivity index (χ2n) is 5.14. The van der Waals surface area contributed by atoms with Gasteiger partial charge in [-0.2, -0.15) is 0 Å². The van der Waals surface area contributed by atoms with Crippen LogP contribution in [0.5, 0.6) is 0 Å². The Morgan fingerprint density at radius 2 is 2.26 bits per heavy atom. The zero-order valence-electron chi connectivity index (χ0n) is 11.6. The van der Waals surface area contributed by atoms with Crippen molar-refractivity contribution in [1.29, 1.82) is 0 Å². The molecule has 0 radical (unpaired) electrons. The molecule has 0 bridgehead atoms. The molecule has 1 aliphatic heterocycles. The lowest BCUT2D eigenvalue weighted by molar-refractivity contribution is 0.327. The van der Waals surface area contributed by atoms with E-state index < -0.39 is 0 Å². The number of pyridine rings is 1. The lowest BCUT2D eigenvalue weighted by Gasteiger charge is -2.32. The summed E-state index contributed by atoms with van der Waals surface area (Å²) >= 11 is 5.94. The van der Waals surface area contributed by atoms with Gasteiger partial charge in [-0.05, 0) is 32.5 Å². The van der Waals surface area contributed by atoms with Crippen molar-refractivity contribution < 1.29 is 4.39 Å². The summed E-state index contributed by atoms with van der Waals surface area (Å²) in [6, 6.07) is 1.91. The molecular weight excluding hydrogens is 265 g/mol. The molecule has 0 N–H and O–H groups in total. The van der Waals surface area contributed by atoms with Crippen LogP contribution >= 0.6 is 11.6 Å². The van der Waals surface area contributed by atoms with E-state index in [4.69, 9.17) is 11.6 Å². The molecule has 0 saturated carbocycles. The largest absolute Gasteiger partial charge is 0.352 e. The van der Waals surface area contributed by atoms with Crippen molar-refractivity contribution in [2.45, 2.75) is 31.7 Å². The van der Waals surface area contributed by atoms with Gasteiger partial charge in [0.1, 0.15) is 11.6 Å². The van der Waals surface area contributed by atoms with E-state index >= 15 is 0 Å². The van der Waals surface area contributed by atoms with Crippen LogP contribution in [0.2, 0.25) is 0 Å². The Labute approximate surface area is 119 Å². The molecule has 1 aromatic rings. The lowest BCUT2D eigenvalue weighted by Crippen LogP contribution is -2.40. The Morgan fingerprint density at radius 3 is 2.95 bits per heavy atom. The van der Waals surface area contributed by atoms with Crippen molar-refractivity contribution in [3.63, 3.8) is 0 Å². The molecule has 0 aromatic carbocycles. The first-order valence-corrected chi connectivity index (χ1v) is 7.34. The molecule has 1 unspecified atom stereocenters. The van der Waals surface area contributed by atoms with Gasteiger partial charge in [0.25, 0.3) is 0 Å². The van der Waals surface area contributed by atoms with E-state index in [1.165, 1.54) is 12.3 Å². The van der Waals surface area contributed by atoms with Crippen LogP contribution < -0.4 is 4.90 Å². The van der Waals surface area contributed by atoms with Crippen molar-refractivity contribution in [2.75, 3.05) is 31.6 Å². The highest BCUT2D eigenvalue weighted by molar-refractivity contribution is 6.17. The number of halogens is 2. The van der Waals surface area contributed by atoms with Gasteiger partial charge in [0.05, 0.1) is 12.1 Å². The fraction of sp³-hybridized carbons (Fsp3) is 0.643. The molecule has 0 spiro atoms. The maximum Gasteiger partial charge on any atom is 0.141 e. The number of hydrogen-bond acceptors (Lipinski definition) is 3. The Balaban J connectivity index is 2.32. The molecule has 19 heavy (non-hydrogen) atoms. The first-order valence-electron chi connectivity index (χ1n) is 6.81. The smallest absolute Gasteiger partial charge is 0.141 e. The highest BCUT2D eigenvalue weighted by Gasteiger charge is 2.24. The molecule has 1 aromatic heterocycles. The Hall–Kier alpha value is -0.870. The fourth-order valence-electron chi connectivity index (χ4n) is 2.70. The summed E-state index contributed by atoms with van der Waals surface area (Å²) in [4.78, 5) is 8.92. The predicted molar refractivity (Wildman–Crippen MR) is 77.3 cm³/mol. The summed E-state index contributed by atoms with van der Waals surface area (Å²) in [5.74, 6) is 0.820. The van der Waals surface area contributed by atoms with Gasteiger partial charge in [0, 0.05) is 24.7 Å².